The molecule has 0 radical (unpaired) electrons. The quantitative estimate of drug-likeness (QED) is 0.615. The highest BCUT2D eigenvalue weighted by Crippen LogP contribution is 2.56. The number of fused-ring (bicyclic) bond motifs is 1. The number of thioether (sulfide) groups is 1. The van der Waals surface area contributed by atoms with Crippen LogP contribution in [0.2, 0.25) is 0 Å². The van der Waals surface area contributed by atoms with Crippen molar-refractivity contribution in [2.45, 2.75) is 37.0 Å². The predicted octanol–water partition coefficient (Wildman–Crippen LogP) is 5.44. The fourth-order valence-electron chi connectivity index (χ4n) is 4.16. The van der Waals surface area contributed by atoms with Gasteiger partial charge in [0, 0.05) is 15.9 Å². The molecule has 3 aromatic carbocycles. The van der Waals surface area contributed by atoms with E-state index < -0.39 is 0 Å². The summed E-state index contributed by atoms with van der Waals surface area (Å²) in [7, 11) is 0. The molecule has 26 heavy (non-hydrogen) atoms. The van der Waals surface area contributed by atoms with Crippen LogP contribution in [0.5, 0.6) is 0 Å². The fraction of sp³-hybridized carbons (Fsp3) is 0.261. The van der Waals surface area contributed by atoms with Gasteiger partial charge < -0.3 is 5.73 Å². The minimum absolute atomic E-state index is 0.000538. The molecule has 3 heteroatoms. The van der Waals surface area contributed by atoms with E-state index in [9.17, 15) is 4.79 Å². The maximum atomic E-state index is 11.8. The molecular formula is C23H23NOS. The van der Waals surface area contributed by atoms with Gasteiger partial charge in [-0.15, -0.1) is 11.8 Å². The molecule has 1 saturated carbocycles. The van der Waals surface area contributed by atoms with Gasteiger partial charge in [0.1, 0.15) is 0 Å². The lowest BCUT2D eigenvalue weighted by Gasteiger charge is -2.23. The second-order valence-corrected chi connectivity index (χ2v) is 8.39. The van der Waals surface area contributed by atoms with Gasteiger partial charge in [-0.05, 0) is 71.2 Å². The summed E-state index contributed by atoms with van der Waals surface area (Å²) in [5.74, 6) is 0.710. The number of amides is 1. The molecule has 0 aliphatic heterocycles. The zero-order chi connectivity index (χ0) is 18.3. The topological polar surface area (TPSA) is 43.1 Å². The molecule has 0 unspecified atom stereocenters. The normalized spacial score (nSPS) is 15.2. The van der Waals surface area contributed by atoms with E-state index in [1.54, 1.807) is 0 Å². The van der Waals surface area contributed by atoms with Gasteiger partial charge in [-0.2, -0.15) is 0 Å². The third-order valence-electron chi connectivity index (χ3n) is 5.53. The van der Waals surface area contributed by atoms with Crippen molar-refractivity contribution in [3.8, 4) is 0 Å². The molecule has 0 aromatic heterocycles. The van der Waals surface area contributed by atoms with E-state index in [2.05, 4.69) is 49.4 Å². The zero-order valence-electron chi connectivity index (χ0n) is 15.2. The Kier molecular flexibility index (Phi) is 4.28. The van der Waals surface area contributed by atoms with Crippen LogP contribution in [0.1, 0.15) is 46.8 Å². The highest BCUT2D eigenvalue weighted by molar-refractivity contribution is 7.99. The Morgan fingerprint density at radius 2 is 1.85 bits per heavy atom. The van der Waals surface area contributed by atoms with Gasteiger partial charge in [-0.25, -0.2) is 0 Å². The van der Waals surface area contributed by atoms with Gasteiger partial charge in [0.15, 0.2) is 0 Å². The first-order valence-corrected chi connectivity index (χ1v) is 10.1. The van der Waals surface area contributed by atoms with Crippen molar-refractivity contribution >= 4 is 28.4 Å². The smallest absolute Gasteiger partial charge is 0.248 e. The maximum absolute atomic E-state index is 11.8. The second kappa shape index (κ2) is 6.48. The summed E-state index contributed by atoms with van der Waals surface area (Å²) in [4.78, 5) is 13.1. The van der Waals surface area contributed by atoms with Crippen LogP contribution in [0.4, 0.5) is 0 Å². The molecule has 0 saturated heterocycles. The van der Waals surface area contributed by atoms with Crippen molar-refractivity contribution in [2.24, 2.45) is 5.73 Å². The van der Waals surface area contributed by atoms with Crippen LogP contribution in [-0.4, -0.2) is 11.7 Å². The Labute approximate surface area is 158 Å². The summed E-state index contributed by atoms with van der Waals surface area (Å²) >= 11 is 1.88. The Morgan fingerprint density at radius 3 is 2.54 bits per heavy atom. The van der Waals surface area contributed by atoms with Crippen LogP contribution < -0.4 is 5.73 Å². The molecule has 1 aliphatic carbocycles. The highest BCUT2D eigenvalue weighted by atomic mass is 32.2. The van der Waals surface area contributed by atoms with E-state index in [4.69, 9.17) is 5.73 Å². The summed E-state index contributed by atoms with van der Waals surface area (Å²) < 4.78 is 0. The lowest BCUT2D eigenvalue weighted by atomic mass is 9.81. The van der Waals surface area contributed by atoms with Crippen LogP contribution >= 0.6 is 11.8 Å². The largest absolute Gasteiger partial charge is 0.366 e. The van der Waals surface area contributed by atoms with Gasteiger partial charge in [-0.1, -0.05) is 43.3 Å². The zero-order valence-corrected chi connectivity index (χ0v) is 16.0. The number of rotatable bonds is 5. The molecule has 0 spiro atoms. The van der Waals surface area contributed by atoms with Crippen molar-refractivity contribution < 1.29 is 4.79 Å². The van der Waals surface area contributed by atoms with Gasteiger partial charge in [0.05, 0.1) is 0 Å². The molecule has 2 N–H and O–H groups in total. The van der Waals surface area contributed by atoms with Gasteiger partial charge in [0.2, 0.25) is 5.91 Å². The minimum atomic E-state index is -0.347. The van der Waals surface area contributed by atoms with Crippen molar-refractivity contribution in [2.75, 3.05) is 5.75 Å². The number of primary amides is 1. The molecule has 0 heterocycles. The van der Waals surface area contributed by atoms with Gasteiger partial charge in [0.25, 0.3) is 0 Å². The van der Waals surface area contributed by atoms with E-state index in [0.29, 0.717) is 5.56 Å². The summed E-state index contributed by atoms with van der Waals surface area (Å²) in [5.41, 5.74) is 9.89. The Balaban J connectivity index is 1.95. The van der Waals surface area contributed by atoms with Crippen molar-refractivity contribution in [1.29, 1.82) is 0 Å². The monoisotopic (exact) mass is 361 g/mol. The second-order valence-electron chi connectivity index (χ2n) is 7.05. The van der Waals surface area contributed by atoms with Crippen LogP contribution in [0.3, 0.4) is 0 Å². The molecule has 132 valence electrons. The summed E-state index contributed by atoms with van der Waals surface area (Å²) in [6.45, 7) is 4.22. The molecule has 1 fully saturated rings. The molecular weight excluding hydrogens is 338 g/mol. The summed E-state index contributed by atoms with van der Waals surface area (Å²) in [5, 5.41) is 2.60. The maximum Gasteiger partial charge on any atom is 0.248 e. The van der Waals surface area contributed by atoms with Crippen LogP contribution in [0.25, 0.3) is 10.8 Å². The summed E-state index contributed by atoms with van der Waals surface area (Å²) in [6.07, 6.45) is 2.22. The van der Waals surface area contributed by atoms with Crippen LogP contribution in [0.15, 0.2) is 59.5 Å². The van der Waals surface area contributed by atoms with E-state index in [-0.39, 0.29) is 11.3 Å². The molecule has 0 bridgehead atoms. The SMILES string of the molecule is CCSc1cc(C2(c3cccc(C(N)=O)c3C)CC2)c2ccccc2c1. The molecule has 2 nitrogen and oxygen atoms in total. The average molecular weight is 362 g/mol. The van der Waals surface area contributed by atoms with Gasteiger partial charge in [-0.3, -0.25) is 4.79 Å². The Bertz CT molecular complexity index is 1000. The fourth-order valence-corrected chi connectivity index (χ4v) is 4.90. The first-order valence-electron chi connectivity index (χ1n) is 9.13. The number of hydrogen-bond acceptors (Lipinski definition) is 2. The van der Waals surface area contributed by atoms with Crippen molar-refractivity contribution in [3.63, 3.8) is 0 Å². The molecule has 1 amide bonds. The predicted molar refractivity (Wildman–Crippen MR) is 110 cm³/mol. The van der Waals surface area contributed by atoms with E-state index in [1.807, 2.05) is 30.8 Å². The van der Waals surface area contributed by atoms with Crippen LogP contribution in [-0.2, 0) is 5.41 Å². The molecule has 4 rings (SSSR count). The Hall–Kier alpha value is -2.26. The highest BCUT2D eigenvalue weighted by Gasteiger charge is 2.48. The van der Waals surface area contributed by atoms with Gasteiger partial charge >= 0.3 is 0 Å². The number of carbonyl (C=O) groups excluding carboxylic acids is 1. The Morgan fingerprint density at radius 1 is 1.08 bits per heavy atom. The minimum Gasteiger partial charge on any atom is -0.366 e. The average Bonchev–Trinajstić information content (AvgIpc) is 3.43. The lowest BCUT2D eigenvalue weighted by molar-refractivity contribution is 0.0999. The van der Waals surface area contributed by atoms with E-state index in [0.717, 1.165) is 24.2 Å². The third-order valence-corrected chi connectivity index (χ3v) is 6.38. The first kappa shape index (κ1) is 17.2. The summed E-state index contributed by atoms with van der Waals surface area (Å²) in [6, 6.07) is 19.2. The standard InChI is InChI=1S/C23H23NOS/c1-3-26-17-13-16-7-4-5-8-19(16)21(14-17)23(11-12-23)20-10-6-9-18(15(20)2)22(24)25/h4-10,13-14H,3,11-12H2,1-2H3,(H2,24,25). The number of benzene rings is 3. The van der Waals surface area contributed by atoms with E-state index >= 15 is 0 Å². The number of nitrogens with two attached hydrogens (primary N) is 1. The van der Waals surface area contributed by atoms with E-state index in [1.165, 1.54) is 26.8 Å². The third kappa shape index (κ3) is 2.71. The lowest BCUT2D eigenvalue weighted by Crippen LogP contribution is -2.17. The van der Waals surface area contributed by atoms with Crippen molar-refractivity contribution in [3.05, 3.63) is 76.9 Å². The van der Waals surface area contributed by atoms with Crippen LogP contribution in [0, 0.1) is 6.92 Å². The van der Waals surface area contributed by atoms with Crippen molar-refractivity contribution in [1.82, 2.24) is 0 Å². The first-order chi connectivity index (χ1) is 12.6. The molecule has 0 atom stereocenters. The molecule has 1 aliphatic rings. The number of carbonyl (C=O) groups is 1. The molecule has 3 aromatic rings. The number of hydrogen-bond donors (Lipinski definition) is 1.